The highest BCUT2D eigenvalue weighted by molar-refractivity contribution is 7.86. The van der Waals surface area contributed by atoms with Crippen LogP contribution in [-0.4, -0.2) is 75.5 Å². The molecule has 0 saturated heterocycles. The summed E-state index contributed by atoms with van der Waals surface area (Å²) in [5.74, 6) is 1.20. The fourth-order valence-electron chi connectivity index (χ4n) is 5.00. The highest BCUT2D eigenvalue weighted by Gasteiger charge is 2.40. The van der Waals surface area contributed by atoms with Crippen LogP contribution in [0.4, 0.5) is 0 Å². The molecule has 0 aromatic heterocycles. The van der Waals surface area contributed by atoms with Gasteiger partial charge in [0.15, 0.2) is 11.5 Å². The maximum atomic E-state index is 12.2. The van der Waals surface area contributed by atoms with Crippen molar-refractivity contribution in [3.05, 3.63) is 125 Å². The molecule has 9 nitrogen and oxygen atoms in total. The molecule has 0 aliphatic carbocycles. The highest BCUT2D eigenvalue weighted by Crippen LogP contribution is 2.47. The van der Waals surface area contributed by atoms with Gasteiger partial charge in [0, 0.05) is 5.56 Å². The van der Waals surface area contributed by atoms with Gasteiger partial charge in [-0.25, -0.2) is 0 Å². The average Bonchev–Trinajstić information content (AvgIpc) is 3.09. The van der Waals surface area contributed by atoms with E-state index in [1.54, 1.807) is 26.4 Å². The molecule has 0 heterocycles. The largest absolute Gasteiger partial charge is 0.493 e. The molecule has 0 unspecified atom stereocenters. The Hall–Kier alpha value is -3.77. The van der Waals surface area contributed by atoms with Gasteiger partial charge in [-0.05, 0) is 36.2 Å². The van der Waals surface area contributed by atoms with Crippen molar-refractivity contribution in [2.24, 2.45) is 0 Å². The summed E-state index contributed by atoms with van der Waals surface area (Å²) in [6.07, 6.45) is 0. The van der Waals surface area contributed by atoms with Crippen LogP contribution in [0, 0.1) is 6.92 Å². The number of ether oxygens (including phenoxy) is 6. The van der Waals surface area contributed by atoms with Gasteiger partial charge < -0.3 is 28.4 Å². The SMILES string of the molecule is COc1cccc(C(OCCOCCOCCOCCOS(=O)(=O)c2ccc(C)cc2)(c2ccccc2)c2ccccc2)c1OC. The molecule has 0 atom stereocenters. The third kappa shape index (κ3) is 9.16. The van der Waals surface area contributed by atoms with Gasteiger partial charge in [0.05, 0.1) is 72.0 Å². The number of aryl methyl sites for hydroxylation is 1. The molecule has 46 heavy (non-hydrogen) atoms. The van der Waals surface area contributed by atoms with Gasteiger partial charge in [-0.1, -0.05) is 90.5 Å². The third-order valence-electron chi connectivity index (χ3n) is 7.21. The maximum absolute atomic E-state index is 12.2. The van der Waals surface area contributed by atoms with Crippen molar-refractivity contribution in [3.63, 3.8) is 0 Å². The van der Waals surface area contributed by atoms with Crippen LogP contribution in [0.15, 0.2) is 108 Å². The van der Waals surface area contributed by atoms with Gasteiger partial charge in [-0.2, -0.15) is 8.42 Å². The summed E-state index contributed by atoms with van der Waals surface area (Å²) in [5.41, 5.74) is 2.67. The summed E-state index contributed by atoms with van der Waals surface area (Å²) in [4.78, 5) is 0.123. The van der Waals surface area contributed by atoms with Gasteiger partial charge in [-0.15, -0.1) is 0 Å². The van der Waals surface area contributed by atoms with Gasteiger partial charge in [0.2, 0.25) is 0 Å². The zero-order chi connectivity index (χ0) is 32.7. The summed E-state index contributed by atoms with van der Waals surface area (Å²) < 4.78 is 64.6. The Balaban J connectivity index is 1.25. The van der Waals surface area contributed by atoms with Crippen molar-refractivity contribution in [1.29, 1.82) is 0 Å². The number of rotatable bonds is 20. The second-order valence-electron chi connectivity index (χ2n) is 10.2. The van der Waals surface area contributed by atoms with Crippen LogP contribution in [0.3, 0.4) is 0 Å². The zero-order valence-corrected chi connectivity index (χ0v) is 27.4. The summed E-state index contributed by atoms with van der Waals surface area (Å²) in [6, 6.07) is 32.3. The molecule has 4 aromatic carbocycles. The Kier molecular flexibility index (Phi) is 13.6. The minimum absolute atomic E-state index is 0.0750. The number of para-hydroxylation sites is 1. The molecule has 10 heteroatoms. The molecule has 0 N–H and O–H groups in total. The van der Waals surface area contributed by atoms with Crippen molar-refractivity contribution >= 4 is 10.1 Å². The van der Waals surface area contributed by atoms with Crippen LogP contribution < -0.4 is 9.47 Å². The van der Waals surface area contributed by atoms with E-state index in [1.807, 2.05) is 85.8 Å². The molecule has 0 radical (unpaired) electrons. The third-order valence-corrected chi connectivity index (χ3v) is 8.54. The van der Waals surface area contributed by atoms with Crippen LogP contribution in [0.1, 0.15) is 22.3 Å². The van der Waals surface area contributed by atoms with E-state index in [0.717, 1.165) is 22.3 Å². The number of hydrogen-bond donors (Lipinski definition) is 0. The lowest BCUT2D eigenvalue weighted by atomic mass is 9.79. The highest BCUT2D eigenvalue weighted by atomic mass is 32.2. The normalized spacial score (nSPS) is 11.8. The van der Waals surface area contributed by atoms with E-state index < -0.39 is 15.7 Å². The molecule has 0 amide bonds. The lowest BCUT2D eigenvalue weighted by molar-refractivity contribution is -0.0380. The lowest BCUT2D eigenvalue weighted by Crippen LogP contribution is -2.34. The van der Waals surface area contributed by atoms with Crippen LogP contribution >= 0.6 is 0 Å². The van der Waals surface area contributed by atoms with Gasteiger partial charge in [0.1, 0.15) is 5.60 Å². The summed E-state index contributed by atoms with van der Waals surface area (Å²) in [7, 11) is -0.560. The Morgan fingerprint density at radius 3 is 1.61 bits per heavy atom. The van der Waals surface area contributed by atoms with Gasteiger partial charge >= 0.3 is 0 Å². The first-order chi connectivity index (χ1) is 22.4. The average molecular weight is 651 g/mol. The van der Waals surface area contributed by atoms with E-state index in [2.05, 4.69) is 0 Å². The minimum atomic E-state index is -3.80. The molecule has 0 bridgehead atoms. The molecule has 4 rings (SSSR count). The van der Waals surface area contributed by atoms with Crippen LogP contribution in [0.5, 0.6) is 11.5 Å². The first-order valence-electron chi connectivity index (χ1n) is 15.1. The molecule has 0 aliphatic rings. The fraction of sp³-hybridized carbons (Fsp3) is 0.333. The van der Waals surface area contributed by atoms with Gasteiger partial charge in [-0.3, -0.25) is 4.18 Å². The predicted octanol–water partition coefficient (Wildman–Crippen LogP) is 5.78. The number of methoxy groups -OCH3 is 2. The Bertz CT molecular complexity index is 1520. The van der Waals surface area contributed by atoms with E-state index in [1.165, 1.54) is 12.1 Å². The summed E-state index contributed by atoms with van der Waals surface area (Å²) in [5, 5.41) is 0. The summed E-state index contributed by atoms with van der Waals surface area (Å²) >= 11 is 0. The van der Waals surface area contributed by atoms with E-state index in [9.17, 15) is 8.42 Å². The second-order valence-corrected chi connectivity index (χ2v) is 11.8. The minimum Gasteiger partial charge on any atom is -0.493 e. The molecular weight excluding hydrogens is 608 g/mol. The molecule has 0 saturated carbocycles. The van der Waals surface area contributed by atoms with Crippen LogP contribution in [0.25, 0.3) is 0 Å². The van der Waals surface area contributed by atoms with E-state index in [0.29, 0.717) is 51.1 Å². The number of hydrogen-bond acceptors (Lipinski definition) is 9. The first kappa shape index (κ1) is 35.1. The Labute approximate surface area is 272 Å². The smallest absolute Gasteiger partial charge is 0.297 e. The van der Waals surface area contributed by atoms with E-state index >= 15 is 0 Å². The maximum Gasteiger partial charge on any atom is 0.297 e. The molecule has 0 fully saturated rings. The summed E-state index contributed by atoms with van der Waals surface area (Å²) in [6.45, 7) is 3.94. The monoisotopic (exact) mass is 650 g/mol. The molecule has 246 valence electrons. The van der Waals surface area contributed by atoms with Crippen molar-refractivity contribution in [2.75, 3.05) is 67.1 Å². The van der Waals surface area contributed by atoms with Crippen LogP contribution in [-0.2, 0) is 38.8 Å². The quantitative estimate of drug-likeness (QED) is 0.0670. The Morgan fingerprint density at radius 2 is 1.09 bits per heavy atom. The molecule has 0 spiro atoms. The van der Waals surface area contributed by atoms with E-state index in [-0.39, 0.29) is 18.1 Å². The van der Waals surface area contributed by atoms with Crippen molar-refractivity contribution < 1.29 is 41.0 Å². The topological polar surface area (TPSA) is 98.8 Å². The van der Waals surface area contributed by atoms with Crippen molar-refractivity contribution in [3.8, 4) is 11.5 Å². The lowest BCUT2D eigenvalue weighted by Gasteiger charge is -2.37. The standard InChI is InChI=1S/C36H42O9S/c1-29-17-19-32(20-18-29)46(37,38)45-28-26-43-24-22-41-21-23-42-25-27-44-36(30-11-6-4-7-12-30,31-13-8-5-9-14-31)33-15-10-16-34(39-2)35(33)40-3/h4-20H,21-28H2,1-3H3. The zero-order valence-electron chi connectivity index (χ0n) is 26.6. The number of benzene rings is 4. The molecule has 4 aromatic rings. The van der Waals surface area contributed by atoms with Crippen molar-refractivity contribution in [2.45, 2.75) is 17.4 Å². The molecule has 0 aliphatic heterocycles. The van der Waals surface area contributed by atoms with E-state index in [4.69, 9.17) is 32.6 Å². The van der Waals surface area contributed by atoms with Crippen molar-refractivity contribution in [1.82, 2.24) is 0 Å². The molecular formula is C36H42O9S. The second kappa shape index (κ2) is 17.8. The fourth-order valence-corrected chi connectivity index (χ4v) is 5.90. The van der Waals surface area contributed by atoms with Crippen LogP contribution in [0.2, 0.25) is 0 Å². The van der Waals surface area contributed by atoms with Gasteiger partial charge in [0.25, 0.3) is 10.1 Å². The Morgan fingerprint density at radius 1 is 0.565 bits per heavy atom. The predicted molar refractivity (Wildman–Crippen MR) is 175 cm³/mol. The first-order valence-corrected chi connectivity index (χ1v) is 16.5.